The second kappa shape index (κ2) is 6.66. The molecular formula is C20H22ClNO2. The van der Waals surface area contributed by atoms with Crippen LogP contribution < -0.4 is 9.47 Å². The van der Waals surface area contributed by atoms with Gasteiger partial charge in [-0.15, -0.1) is 0 Å². The smallest absolute Gasteiger partial charge is 0.132 e. The van der Waals surface area contributed by atoms with E-state index in [1.54, 1.807) is 0 Å². The Bertz CT molecular complexity index is 692. The molecule has 0 aromatic heterocycles. The molecule has 2 aliphatic rings. The van der Waals surface area contributed by atoms with Gasteiger partial charge in [-0.1, -0.05) is 29.8 Å². The molecule has 0 spiro atoms. The van der Waals surface area contributed by atoms with Gasteiger partial charge >= 0.3 is 0 Å². The Hall–Kier alpha value is -1.71. The second-order valence-electron chi connectivity index (χ2n) is 6.80. The minimum atomic E-state index is 0.266. The Labute approximate surface area is 148 Å². The molecule has 2 aromatic rings. The lowest BCUT2D eigenvalue weighted by atomic mass is 10.0. The van der Waals surface area contributed by atoms with Crippen LogP contribution in [0.3, 0.4) is 0 Å². The van der Waals surface area contributed by atoms with E-state index >= 15 is 0 Å². The molecule has 2 fully saturated rings. The minimum absolute atomic E-state index is 0.266. The van der Waals surface area contributed by atoms with Gasteiger partial charge in [0.2, 0.25) is 0 Å². The van der Waals surface area contributed by atoms with E-state index in [4.69, 9.17) is 21.1 Å². The third-order valence-corrected chi connectivity index (χ3v) is 5.40. The van der Waals surface area contributed by atoms with Gasteiger partial charge in [-0.3, -0.25) is 0 Å². The summed E-state index contributed by atoms with van der Waals surface area (Å²) in [6, 6.07) is 16.7. The van der Waals surface area contributed by atoms with Gasteiger partial charge in [0.05, 0.1) is 0 Å². The van der Waals surface area contributed by atoms with Gasteiger partial charge in [0.15, 0.2) is 0 Å². The maximum absolute atomic E-state index is 6.26. The molecule has 2 heterocycles. The molecule has 0 N–H and O–H groups in total. The van der Waals surface area contributed by atoms with E-state index in [0.717, 1.165) is 24.3 Å². The molecule has 2 aromatic carbocycles. The quantitative estimate of drug-likeness (QED) is 0.767. The predicted octanol–water partition coefficient (Wildman–Crippen LogP) is 5.14. The van der Waals surface area contributed by atoms with Gasteiger partial charge in [-0.25, -0.2) is 0 Å². The third-order valence-electron chi connectivity index (χ3n) is 5.18. The number of halogens is 1. The topological polar surface area (TPSA) is 21.7 Å². The van der Waals surface area contributed by atoms with E-state index in [-0.39, 0.29) is 6.10 Å². The zero-order valence-corrected chi connectivity index (χ0v) is 14.6. The van der Waals surface area contributed by atoms with Crippen molar-refractivity contribution in [2.45, 2.75) is 43.9 Å². The summed E-state index contributed by atoms with van der Waals surface area (Å²) in [7, 11) is 2.24. The monoisotopic (exact) mass is 343 g/mol. The SMILES string of the molecule is CN1[C@@H]2CC[C@H]1C[C@H](Oc1cc(Cl)cc(Oc3ccccc3)c1)C2. The molecule has 4 heteroatoms. The first-order valence-corrected chi connectivity index (χ1v) is 8.97. The Morgan fingerprint density at radius 1 is 0.917 bits per heavy atom. The average Bonchev–Trinajstić information content (AvgIpc) is 2.77. The number of ether oxygens (including phenoxy) is 2. The number of hydrogen-bond acceptors (Lipinski definition) is 3. The van der Waals surface area contributed by atoms with Gasteiger partial charge in [0, 0.05) is 23.2 Å². The summed E-state index contributed by atoms with van der Waals surface area (Å²) in [6.45, 7) is 0. The molecule has 0 unspecified atom stereocenters. The van der Waals surface area contributed by atoms with Crippen LogP contribution in [0.4, 0.5) is 0 Å². The van der Waals surface area contributed by atoms with Crippen molar-refractivity contribution in [3.63, 3.8) is 0 Å². The fourth-order valence-electron chi connectivity index (χ4n) is 3.94. The van der Waals surface area contributed by atoms with E-state index in [0.29, 0.717) is 22.9 Å². The van der Waals surface area contributed by atoms with Crippen LogP contribution in [0.2, 0.25) is 5.02 Å². The van der Waals surface area contributed by atoms with Gasteiger partial charge in [0.25, 0.3) is 0 Å². The molecule has 2 saturated heterocycles. The van der Waals surface area contributed by atoms with E-state index in [9.17, 15) is 0 Å². The Morgan fingerprint density at radius 3 is 2.29 bits per heavy atom. The standard InChI is InChI=1S/C20H22ClNO2/c1-22-15-7-8-16(22)12-20(11-15)24-19-10-14(21)9-18(13-19)23-17-5-3-2-4-6-17/h2-6,9-10,13,15-16,20H,7-8,11-12H2,1H3/t15-,16+,20-. The number of piperidine rings is 1. The highest BCUT2D eigenvalue weighted by atomic mass is 35.5. The van der Waals surface area contributed by atoms with Crippen molar-refractivity contribution in [3.8, 4) is 17.2 Å². The molecule has 0 aliphatic carbocycles. The van der Waals surface area contributed by atoms with Crippen LogP contribution in [-0.2, 0) is 0 Å². The van der Waals surface area contributed by atoms with Crippen molar-refractivity contribution >= 4 is 11.6 Å². The number of benzene rings is 2. The van der Waals surface area contributed by atoms with Gasteiger partial charge in [-0.2, -0.15) is 0 Å². The van der Waals surface area contributed by atoms with Crippen molar-refractivity contribution in [1.29, 1.82) is 0 Å². The van der Waals surface area contributed by atoms with Crippen molar-refractivity contribution < 1.29 is 9.47 Å². The molecule has 24 heavy (non-hydrogen) atoms. The number of hydrogen-bond donors (Lipinski definition) is 0. The highest BCUT2D eigenvalue weighted by Crippen LogP contribution is 2.37. The number of fused-ring (bicyclic) bond motifs is 2. The van der Waals surface area contributed by atoms with Crippen LogP contribution in [0.15, 0.2) is 48.5 Å². The maximum atomic E-state index is 6.26. The van der Waals surface area contributed by atoms with Crippen molar-refractivity contribution in [1.82, 2.24) is 4.90 Å². The molecule has 0 amide bonds. The van der Waals surface area contributed by atoms with Crippen molar-refractivity contribution in [2.75, 3.05) is 7.05 Å². The third kappa shape index (κ3) is 3.38. The van der Waals surface area contributed by atoms with Crippen LogP contribution in [0.25, 0.3) is 0 Å². The minimum Gasteiger partial charge on any atom is -0.490 e. The highest BCUT2D eigenvalue weighted by molar-refractivity contribution is 6.30. The van der Waals surface area contributed by atoms with Crippen LogP contribution in [-0.4, -0.2) is 30.1 Å². The molecule has 2 aliphatic heterocycles. The van der Waals surface area contributed by atoms with Crippen LogP contribution in [0.5, 0.6) is 17.2 Å². The van der Waals surface area contributed by atoms with Gasteiger partial charge < -0.3 is 14.4 Å². The fraction of sp³-hybridized carbons (Fsp3) is 0.400. The zero-order valence-electron chi connectivity index (χ0n) is 13.8. The Morgan fingerprint density at radius 2 is 1.58 bits per heavy atom. The van der Waals surface area contributed by atoms with Crippen molar-refractivity contribution in [3.05, 3.63) is 53.6 Å². The molecule has 0 radical (unpaired) electrons. The summed E-state index contributed by atoms with van der Waals surface area (Å²) in [5, 5.41) is 0.634. The van der Waals surface area contributed by atoms with E-state index in [1.807, 2.05) is 48.5 Å². The summed E-state index contributed by atoms with van der Waals surface area (Å²) in [4.78, 5) is 2.52. The summed E-state index contributed by atoms with van der Waals surface area (Å²) in [5.41, 5.74) is 0. The Kier molecular flexibility index (Phi) is 4.38. The summed E-state index contributed by atoms with van der Waals surface area (Å²) >= 11 is 6.26. The number of para-hydroxylation sites is 1. The number of nitrogens with zero attached hydrogens (tertiary/aromatic N) is 1. The molecule has 4 rings (SSSR count). The zero-order chi connectivity index (χ0) is 16.5. The lowest BCUT2D eigenvalue weighted by molar-refractivity contribution is 0.0661. The maximum Gasteiger partial charge on any atom is 0.132 e. The Balaban J connectivity index is 1.47. The van der Waals surface area contributed by atoms with E-state index in [1.165, 1.54) is 12.8 Å². The highest BCUT2D eigenvalue weighted by Gasteiger charge is 2.39. The predicted molar refractivity (Wildman–Crippen MR) is 96.2 cm³/mol. The molecule has 0 saturated carbocycles. The summed E-state index contributed by atoms with van der Waals surface area (Å²) < 4.78 is 12.1. The van der Waals surface area contributed by atoms with E-state index in [2.05, 4.69) is 11.9 Å². The summed E-state index contributed by atoms with van der Waals surface area (Å²) in [5.74, 6) is 2.30. The van der Waals surface area contributed by atoms with Gasteiger partial charge in [0.1, 0.15) is 23.4 Å². The largest absolute Gasteiger partial charge is 0.490 e. The fourth-order valence-corrected chi connectivity index (χ4v) is 4.15. The van der Waals surface area contributed by atoms with Crippen molar-refractivity contribution in [2.24, 2.45) is 0 Å². The first-order valence-electron chi connectivity index (χ1n) is 8.59. The first kappa shape index (κ1) is 15.8. The molecule has 2 bridgehead atoms. The number of rotatable bonds is 4. The van der Waals surface area contributed by atoms with Gasteiger partial charge in [-0.05, 0) is 57.0 Å². The van der Waals surface area contributed by atoms with Crippen LogP contribution in [0.1, 0.15) is 25.7 Å². The molecular weight excluding hydrogens is 322 g/mol. The van der Waals surface area contributed by atoms with E-state index < -0.39 is 0 Å². The molecule has 126 valence electrons. The molecule has 3 nitrogen and oxygen atoms in total. The second-order valence-corrected chi connectivity index (χ2v) is 7.24. The summed E-state index contributed by atoms with van der Waals surface area (Å²) in [6.07, 6.45) is 5.03. The molecule has 3 atom stereocenters. The average molecular weight is 344 g/mol. The van der Waals surface area contributed by atoms with Crippen LogP contribution in [0, 0.1) is 0 Å². The normalized spacial score (nSPS) is 26.3. The van der Waals surface area contributed by atoms with Crippen LogP contribution >= 0.6 is 11.6 Å². The first-order chi connectivity index (χ1) is 11.7. The lowest BCUT2D eigenvalue weighted by Gasteiger charge is -2.36. The lowest BCUT2D eigenvalue weighted by Crippen LogP contribution is -2.43.